The Bertz CT molecular complexity index is 1310. The van der Waals surface area contributed by atoms with Crippen molar-refractivity contribution in [1.82, 2.24) is 29.4 Å². The van der Waals surface area contributed by atoms with E-state index < -0.39 is 10.0 Å². The van der Waals surface area contributed by atoms with Gasteiger partial charge in [0.2, 0.25) is 10.0 Å². The zero-order valence-corrected chi connectivity index (χ0v) is 20.2. The molecular weight excluding hydrogens is 460 g/mol. The third kappa shape index (κ3) is 5.11. The standard InChI is InChI=1S/C23H27ClN6O2S/c1-3-29(4-2)12-13-30(16-17-7-9-18(24)10-8-17)33(31,32)19-14-21(26-15-19)22-20-6-5-11-25-23(20)28-27-22/h5-11,14-15,26H,3-4,12-13,16H2,1-2H3,(H,25,27,28). The average molecular weight is 487 g/mol. The summed E-state index contributed by atoms with van der Waals surface area (Å²) in [4.78, 5) is 9.72. The van der Waals surface area contributed by atoms with E-state index in [0.29, 0.717) is 35.1 Å². The number of sulfonamides is 1. The average Bonchev–Trinajstić information content (AvgIpc) is 3.47. The Labute approximate surface area is 198 Å². The molecule has 0 aliphatic carbocycles. The lowest BCUT2D eigenvalue weighted by molar-refractivity contribution is 0.268. The Balaban J connectivity index is 1.64. The summed E-state index contributed by atoms with van der Waals surface area (Å²) in [5.74, 6) is 0. The van der Waals surface area contributed by atoms with E-state index in [2.05, 4.69) is 38.9 Å². The smallest absolute Gasteiger partial charge is 0.244 e. The van der Waals surface area contributed by atoms with E-state index >= 15 is 0 Å². The molecule has 4 rings (SSSR count). The summed E-state index contributed by atoms with van der Waals surface area (Å²) in [5.41, 5.74) is 2.80. The van der Waals surface area contributed by atoms with E-state index in [1.807, 2.05) is 24.3 Å². The monoisotopic (exact) mass is 486 g/mol. The molecule has 33 heavy (non-hydrogen) atoms. The van der Waals surface area contributed by atoms with Crippen LogP contribution in [0.3, 0.4) is 0 Å². The molecule has 0 bridgehead atoms. The summed E-state index contributed by atoms with van der Waals surface area (Å²) in [6.07, 6.45) is 3.20. The molecule has 0 saturated carbocycles. The summed E-state index contributed by atoms with van der Waals surface area (Å²) in [6, 6.07) is 12.6. The zero-order chi connectivity index (χ0) is 23.4. The molecule has 0 spiro atoms. The fourth-order valence-electron chi connectivity index (χ4n) is 3.74. The molecule has 0 unspecified atom stereocenters. The molecule has 3 heterocycles. The number of hydrogen-bond donors (Lipinski definition) is 2. The molecule has 174 valence electrons. The maximum absolute atomic E-state index is 13.7. The van der Waals surface area contributed by atoms with Gasteiger partial charge in [-0.2, -0.15) is 9.40 Å². The van der Waals surface area contributed by atoms with Gasteiger partial charge in [-0.3, -0.25) is 5.10 Å². The second-order valence-electron chi connectivity index (χ2n) is 7.71. The van der Waals surface area contributed by atoms with Crippen molar-refractivity contribution in [3.05, 3.63) is 65.4 Å². The first-order valence-electron chi connectivity index (χ1n) is 10.9. The van der Waals surface area contributed by atoms with Crippen molar-refractivity contribution in [3.8, 4) is 11.4 Å². The Morgan fingerprint density at radius 3 is 2.55 bits per heavy atom. The number of rotatable bonds is 10. The van der Waals surface area contributed by atoms with Crippen LogP contribution in [0.2, 0.25) is 5.02 Å². The molecule has 0 aliphatic heterocycles. The number of fused-ring (bicyclic) bond motifs is 1. The fourth-order valence-corrected chi connectivity index (χ4v) is 5.28. The molecule has 2 N–H and O–H groups in total. The number of nitrogens with zero attached hydrogens (tertiary/aromatic N) is 4. The second kappa shape index (κ2) is 10.0. The highest BCUT2D eigenvalue weighted by atomic mass is 35.5. The Kier molecular flexibility index (Phi) is 7.14. The molecule has 3 aromatic heterocycles. The Morgan fingerprint density at radius 2 is 1.82 bits per heavy atom. The lowest BCUT2D eigenvalue weighted by Crippen LogP contribution is -2.38. The van der Waals surface area contributed by atoms with Crippen LogP contribution in [-0.2, 0) is 16.6 Å². The van der Waals surface area contributed by atoms with Crippen LogP contribution in [0.25, 0.3) is 22.4 Å². The minimum atomic E-state index is -3.75. The first-order valence-corrected chi connectivity index (χ1v) is 12.7. The van der Waals surface area contributed by atoms with E-state index in [1.165, 1.54) is 10.5 Å². The zero-order valence-electron chi connectivity index (χ0n) is 18.6. The Hall–Kier alpha value is -2.72. The van der Waals surface area contributed by atoms with Gasteiger partial charge in [-0.15, -0.1) is 0 Å². The van der Waals surface area contributed by atoms with Gasteiger partial charge in [-0.25, -0.2) is 13.4 Å². The first-order chi connectivity index (χ1) is 15.9. The van der Waals surface area contributed by atoms with Gasteiger partial charge in [-0.1, -0.05) is 37.6 Å². The van der Waals surface area contributed by atoms with E-state index in [9.17, 15) is 8.42 Å². The SMILES string of the molecule is CCN(CC)CCN(Cc1ccc(Cl)cc1)S(=O)(=O)c1c[nH]c(-c2[nH]nc3ncccc23)c1. The number of aromatic nitrogens is 4. The van der Waals surface area contributed by atoms with Gasteiger partial charge in [0.1, 0.15) is 4.90 Å². The minimum absolute atomic E-state index is 0.206. The van der Waals surface area contributed by atoms with Gasteiger partial charge in [0.25, 0.3) is 0 Å². The summed E-state index contributed by atoms with van der Waals surface area (Å²) < 4.78 is 28.8. The molecule has 10 heteroatoms. The van der Waals surface area contributed by atoms with Crippen LogP contribution < -0.4 is 0 Å². The molecular formula is C23H27ClN6O2S. The van der Waals surface area contributed by atoms with Crippen LogP contribution >= 0.6 is 11.6 Å². The largest absolute Gasteiger partial charge is 0.359 e. The Morgan fingerprint density at radius 1 is 1.06 bits per heavy atom. The molecule has 0 saturated heterocycles. The van der Waals surface area contributed by atoms with E-state index in [-0.39, 0.29) is 11.4 Å². The predicted octanol–water partition coefficient (Wildman–Crippen LogP) is 4.14. The van der Waals surface area contributed by atoms with Crippen molar-refractivity contribution in [1.29, 1.82) is 0 Å². The highest BCUT2D eigenvalue weighted by molar-refractivity contribution is 7.89. The van der Waals surface area contributed by atoms with Crippen LogP contribution in [0.5, 0.6) is 0 Å². The lowest BCUT2D eigenvalue weighted by atomic mass is 10.2. The number of H-pyrrole nitrogens is 2. The van der Waals surface area contributed by atoms with Gasteiger partial charge in [-0.05, 0) is 49.0 Å². The first kappa shape index (κ1) is 23.4. The number of hydrogen-bond acceptors (Lipinski definition) is 5. The van der Waals surface area contributed by atoms with Crippen molar-refractivity contribution >= 4 is 32.7 Å². The van der Waals surface area contributed by atoms with Gasteiger partial charge in [0, 0.05) is 42.4 Å². The van der Waals surface area contributed by atoms with E-state index in [0.717, 1.165) is 24.0 Å². The molecule has 4 aromatic rings. The van der Waals surface area contributed by atoms with Gasteiger partial charge < -0.3 is 9.88 Å². The van der Waals surface area contributed by atoms with Crippen LogP contribution in [0.1, 0.15) is 19.4 Å². The van der Waals surface area contributed by atoms with Gasteiger partial charge >= 0.3 is 0 Å². The molecule has 1 aromatic carbocycles. The number of likely N-dealkylation sites (N-methyl/N-ethyl adjacent to an activating group) is 1. The van der Waals surface area contributed by atoms with Crippen molar-refractivity contribution in [2.24, 2.45) is 0 Å². The highest BCUT2D eigenvalue weighted by Gasteiger charge is 2.27. The maximum Gasteiger partial charge on any atom is 0.244 e. The number of benzene rings is 1. The molecule has 0 atom stereocenters. The molecule has 0 amide bonds. The number of pyridine rings is 1. The highest BCUT2D eigenvalue weighted by Crippen LogP contribution is 2.28. The molecule has 8 nitrogen and oxygen atoms in total. The third-order valence-corrected chi connectivity index (χ3v) is 7.80. The normalized spacial score (nSPS) is 12.3. The lowest BCUT2D eigenvalue weighted by Gasteiger charge is -2.25. The van der Waals surface area contributed by atoms with E-state index in [1.54, 1.807) is 24.4 Å². The number of aromatic amines is 2. The van der Waals surface area contributed by atoms with Crippen molar-refractivity contribution in [3.63, 3.8) is 0 Å². The summed E-state index contributed by atoms with van der Waals surface area (Å²) in [7, 11) is -3.75. The van der Waals surface area contributed by atoms with Crippen LogP contribution in [0.4, 0.5) is 0 Å². The van der Waals surface area contributed by atoms with Crippen molar-refractivity contribution in [2.75, 3.05) is 26.2 Å². The minimum Gasteiger partial charge on any atom is -0.359 e. The fraction of sp³-hybridized carbons (Fsp3) is 0.304. The summed E-state index contributed by atoms with van der Waals surface area (Å²) in [5, 5.41) is 8.59. The quantitative estimate of drug-likeness (QED) is 0.351. The molecule has 0 radical (unpaired) electrons. The maximum atomic E-state index is 13.7. The third-order valence-electron chi connectivity index (χ3n) is 5.73. The molecule has 0 aliphatic rings. The van der Waals surface area contributed by atoms with Gasteiger partial charge in [0.05, 0.1) is 11.4 Å². The van der Waals surface area contributed by atoms with Crippen LogP contribution in [-0.4, -0.2) is 64.0 Å². The number of halogens is 1. The van der Waals surface area contributed by atoms with Crippen LogP contribution in [0, 0.1) is 0 Å². The molecule has 0 fully saturated rings. The van der Waals surface area contributed by atoms with Crippen LogP contribution in [0.15, 0.2) is 59.8 Å². The van der Waals surface area contributed by atoms with Gasteiger partial charge in [0.15, 0.2) is 5.65 Å². The summed E-state index contributed by atoms with van der Waals surface area (Å²) in [6.45, 7) is 7.16. The summed E-state index contributed by atoms with van der Waals surface area (Å²) >= 11 is 6.01. The van der Waals surface area contributed by atoms with Crippen molar-refractivity contribution in [2.45, 2.75) is 25.3 Å². The predicted molar refractivity (Wildman–Crippen MR) is 131 cm³/mol. The topological polar surface area (TPSA) is 98.0 Å². The van der Waals surface area contributed by atoms with Crippen molar-refractivity contribution < 1.29 is 8.42 Å². The number of nitrogens with one attached hydrogen (secondary N) is 2. The second-order valence-corrected chi connectivity index (χ2v) is 10.1. The van der Waals surface area contributed by atoms with E-state index in [4.69, 9.17) is 11.6 Å².